The van der Waals surface area contributed by atoms with Crippen LogP contribution in [0.2, 0.25) is 0 Å². The number of hydrogen-bond donors (Lipinski definition) is 1. The summed E-state index contributed by atoms with van der Waals surface area (Å²) in [7, 11) is 1.65. The van der Waals surface area contributed by atoms with Gasteiger partial charge in [-0.1, -0.05) is 92.7 Å². The van der Waals surface area contributed by atoms with Crippen molar-refractivity contribution in [2.24, 2.45) is 0 Å². The molecule has 0 spiro atoms. The summed E-state index contributed by atoms with van der Waals surface area (Å²) in [5.74, 6) is 0.263. The number of allylic oxidation sites excluding steroid dienone is 3. The van der Waals surface area contributed by atoms with Gasteiger partial charge < -0.3 is 10.1 Å². The predicted octanol–water partition coefficient (Wildman–Crippen LogP) is 8.89. The third-order valence-electron chi connectivity index (χ3n) is 6.44. The molecule has 1 N–H and O–H groups in total. The smallest absolute Gasteiger partial charge is 0.211 e. The largest absolute Gasteiger partial charge is 0.380 e. The number of carbonyl (C=O) groups excluding carboxylic acids is 2. The molecule has 1 aliphatic carbocycles. The Hall–Kier alpha value is -3.32. The maximum atomic E-state index is 11.9. The monoisotopic (exact) mass is 578 g/mol. The van der Waals surface area contributed by atoms with E-state index in [-0.39, 0.29) is 11.2 Å². The molecule has 0 aliphatic heterocycles. The summed E-state index contributed by atoms with van der Waals surface area (Å²) < 4.78 is 9.28. The quantitative estimate of drug-likeness (QED) is 0.193. The van der Waals surface area contributed by atoms with Crippen LogP contribution < -0.4 is 5.32 Å². The first-order chi connectivity index (χ1) is 19.2. The van der Waals surface area contributed by atoms with Crippen LogP contribution in [0.15, 0.2) is 83.9 Å². The number of rotatable bonds is 10. The number of benzene rings is 2. The van der Waals surface area contributed by atoms with Crippen LogP contribution in [0.1, 0.15) is 51.8 Å². The molecule has 1 saturated carbocycles. The topological polar surface area (TPSA) is 68.3 Å². The Morgan fingerprint density at radius 1 is 1.10 bits per heavy atom. The van der Waals surface area contributed by atoms with Gasteiger partial charge in [0.15, 0.2) is 0 Å². The minimum Gasteiger partial charge on any atom is -0.380 e. The van der Waals surface area contributed by atoms with Gasteiger partial charge in [0.2, 0.25) is 6.41 Å². The van der Waals surface area contributed by atoms with E-state index < -0.39 is 0 Å². The Morgan fingerprint density at radius 3 is 2.10 bits per heavy atom. The van der Waals surface area contributed by atoms with Gasteiger partial charge in [-0.2, -0.15) is 4.37 Å². The van der Waals surface area contributed by atoms with Crippen LogP contribution in [-0.4, -0.2) is 30.3 Å². The van der Waals surface area contributed by atoms with E-state index in [2.05, 4.69) is 52.7 Å². The standard InChI is InChI=1S/C22H20N2O2S.C9H13ClO.C2H6/c1-14-20(23-13-25)21(27-24-14)18-5-3-16(4-6-18)17-7-9-19(10-8-17)22(11-12-22)15(2)26;1-4-5-9(7-11-3)6-8(2)10;1-2/h3-10,13H,11-12H2,1-2H3,(H,23,25);4-6H,2,7H2,1,3H3;1-2H3/b;5-4-,9-6+;. The van der Waals surface area contributed by atoms with Crippen molar-refractivity contribution in [3.05, 3.63) is 95.2 Å². The van der Waals surface area contributed by atoms with E-state index in [0.717, 1.165) is 56.9 Å². The molecule has 1 aliphatic rings. The SMILES string of the molecule is C=C(Cl)/C=C(\C=C/C)COC.CC.CC(=O)C1(c2ccc(-c3ccc(-c4snc(C)c4NC=O)cc3)cc2)CC1. The molecule has 1 fully saturated rings. The number of halogens is 1. The number of ether oxygens (including phenoxy) is 1. The Balaban J connectivity index is 0.000000366. The Kier molecular flexibility index (Phi) is 13.2. The van der Waals surface area contributed by atoms with Gasteiger partial charge in [-0.05, 0) is 79.0 Å². The highest BCUT2D eigenvalue weighted by atomic mass is 35.5. The summed E-state index contributed by atoms with van der Waals surface area (Å²) >= 11 is 6.97. The molecular weight excluding hydrogens is 540 g/mol. The van der Waals surface area contributed by atoms with Gasteiger partial charge in [-0.25, -0.2) is 0 Å². The number of aryl methyl sites for hydroxylation is 1. The lowest BCUT2D eigenvalue weighted by atomic mass is 9.90. The Labute approximate surface area is 247 Å². The molecule has 3 aromatic rings. The second-order valence-corrected chi connectivity index (χ2v) is 10.4. The molecule has 0 unspecified atom stereocenters. The first-order valence-corrected chi connectivity index (χ1v) is 14.5. The number of nitrogens with zero attached hydrogens (tertiary/aromatic N) is 1. The number of hydrogen-bond acceptors (Lipinski definition) is 5. The number of anilines is 1. The molecule has 40 heavy (non-hydrogen) atoms. The number of aromatic nitrogens is 1. The van der Waals surface area contributed by atoms with Crippen molar-refractivity contribution >= 4 is 41.0 Å². The predicted molar refractivity (Wildman–Crippen MR) is 170 cm³/mol. The summed E-state index contributed by atoms with van der Waals surface area (Å²) in [5.41, 5.74) is 6.77. The van der Waals surface area contributed by atoms with Gasteiger partial charge in [-0.3, -0.25) is 9.59 Å². The second kappa shape index (κ2) is 16.1. The molecule has 212 valence electrons. The maximum Gasteiger partial charge on any atom is 0.211 e. The molecule has 7 heteroatoms. The lowest BCUT2D eigenvalue weighted by Gasteiger charge is -2.12. The first kappa shape index (κ1) is 32.9. The van der Waals surface area contributed by atoms with Crippen molar-refractivity contribution in [2.45, 2.75) is 52.9 Å². The molecule has 1 heterocycles. The van der Waals surface area contributed by atoms with Gasteiger partial charge in [-0.15, -0.1) is 0 Å². The van der Waals surface area contributed by atoms with E-state index in [1.54, 1.807) is 20.1 Å². The molecule has 2 aromatic carbocycles. The van der Waals surface area contributed by atoms with E-state index in [0.29, 0.717) is 18.0 Å². The summed E-state index contributed by atoms with van der Waals surface area (Å²) in [6, 6.07) is 16.6. The molecule has 1 amide bonds. The first-order valence-electron chi connectivity index (χ1n) is 13.3. The summed E-state index contributed by atoms with van der Waals surface area (Å²) in [5, 5.41) is 3.27. The van der Waals surface area contributed by atoms with E-state index >= 15 is 0 Å². The van der Waals surface area contributed by atoms with Gasteiger partial charge in [0, 0.05) is 12.1 Å². The average Bonchev–Trinajstić information content (AvgIpc) is 3.70. The number of Topliss-reactive ketones (excluding diaryl/α,β-unsaturated/α-hetero) is 1. The van der Waals surface area contributed by atoms with Gasteiger partial charge >= 0.3 is 0 Å². The number of amides is 1. The second-order valence-electron chi connectivity index (χ2n) is 9.13. The van der Waals surface area contributed by atoms with Crippen LogP contribution >= 0.6 is 23.1 Å². The molecule has 0 bridgehead atoms. The van der Waals surface area contributed by atoms with Crippen molar-refractivity contribution in [1.29, 1.82) is 0 Å². The fourth-order valence-electron chi connectivity index (χ4n) is 4.28. The zero-order chi connectivity index (χ0) is 29.7. The Morgan fingerprint density at radius 2 is 1.65 bits per heavy atom. The van der Waals surface area contributed by atoms with Crippen LogP contribution in [0.25, 0.3) is 21.6 Å². The van der Waals surface area contributed by atoms with Crippen LogP contribution in [0.5, 0.6) is 0 Å². The highest BCUT2D eigenvalue weighted by Crippen LogP contribution is 2.49. The van der Waals surface area contributed by atoms with E-state index in [1.165, 1.54) is 11.5 Å². The molecule has 0 atom stereocenters. The minimum atomic E-state index is -0.228. The van der Waals surface area contributed by atoms with Crippen LogP contribution in [0, 0.1) is 6.92 Å². The van der Waals surface area contributed by atoms with Crippen molar-refractivity contribution in [3.8, 4) is 21.6 Å². The van der Waals surface area contributed by atoms with Crippen molar-refractivity contribution in [2.75, 3.05) is 19.0 Å². The van der Waals surface area contributed by atoms with Crippen molar-refractivity contribution in [1.82, 2.24) is 4.37 Å². The van der Waals surface area contributed by atoms with E-state index in [4.69, 9.17) is 16.3 Å². The van der Waals surface area contributed by atoms with E-state index in [9.17, 15) is 9.59 Å². The minimum absolute atomic E-state index is 0.228. The lowest BCUT2D eigenvalue weighted by molar-refractivity contribution is -0.119. The van der Waals surface area contributed by atoms with Gasteiger partial charge in [0.1, 0.15) is 5.78 Å². The summed E-state index contributed by atoms with van der Waals surface area (Å²) in [6.45, 7) is 13.6. The number of ketones is 1. The van der Waals surface area contributed by atoms with Crippen molar-refractivity contribution < 1.29 is 14.3 Å². The highest BCUT2D eigenvalue weighted by Gasteiger charge is 2.48. The van der Waals surface area contributed by atoms with Crippen LogP contribution in [-0.2, 0) is 19.7 Å². The molecular formula is C33H39ClN2O3S. The molecule has 5 nitrogen and oxygen atoms in total. The highest BCUT2D eigenvalue weighted by molar-refractivity contribution is 7.10. The number of carbonyl (C=O) groups is 2. The molecule has 0 saturated heterocycles. The number of methoxy groups -OCH3 is 1. The zero-order valence-electron chi connectivity index (χ0n) is 24.2. The van der Waals surface area contributed by atoms with Gasteiger partial charge in [0.05, 0.1) is 28.3 Å². The third kappa shape index (κ3) is 8.59. The van der Waals surface area contributed by atoms with Crippen LogP contribution in [0.4, 0.5) is 5.69 Å². The third-order valence-corrected chi connectivity index (χ3v) is 7.54. The Bertz CT molecular complexity index is 1340. The normalized spacial score (nSPS) is 13.4. The molecule has 0 radical (unpaired) electrons. The molecule has 4 rings (SSSR count). The maximum absolute atomic E-state index is 11.9. The zero-order valence-corrected chi connectivity index (χ0v) is 25.8. The average molecular weight is 579 g/mol. The van der Waals surface area contributed by atoms with Gasteiger partial charge in [0.25, 0.3) is 0 Å². The fraction of sp³-hybridized carbons (Fsp3) is 0.303. The van der Waals surface area contributed by atoms with Crippen molar-refractivity contribution in [3.63, 3.8) is 0 Å². The summed E-state index contributed by atoms with van der Waals surface area (Å²) in [4.78, 5) is 23.7. The fourth-order valence-corrected chi connectivity index (χ4v) is 5.28. The number of nitrogens with one attached hydrogen (secondary N) is 1. The van der Waals surface area contributed by atoms with Crippen LogP contribution in [0.3, 0.4) is 0 Å². The lowest BCUT2D eigenvalue weighted by Crippen LogP contribution is -2.16. The molecule has 1 aromatic heterocycles. The summed E-state index contributed by atoms with van der Waals surface area (Å²) in [6.07, 6.45) is 8.26. The van der Waals surface area contributed by atoms with E-state index in [1.807, 2.05) is 52.0 Å².